The molecule has 14 heavy (non-hydrogen) atoms. The molecule has 80 valence electrons. The van der Waals surface area contributed by atoms with Gasteiger partial charge in [0.1, 0.15) is 0 Å². The smallest absolute Gasteiger partial charge is 0.152 e. The zero-order valence-electron chi connectivity index (χ0n) is 9.84. The zero-order valence-corrected chi connectivity index (χ0v) is 9.84. The summed E-state index contributed by atoms with van der Waals surface area (Å²) in [6, 6.07) is 0. The van der Waals surface area contributed by atoms with Crippen LogP contribution in [0.3, 0.4) is 0 Å². The Hall–Kier alpha value is -0.590. The van der Waals surface area contributed by atoms with Crippen LogP contribution < -0.4 is 0 Å². The highest BCUT2D eigenvalue weighted by Gasteiger charge is 2.34. The van der Waals surface area contributed by atoms with Crippen LogP contribution in [0.15, 0.2) is 12.2 Å². The van der Waals surface area contributed by atoms with Crippen molar-refractivity contribution in [3.8, 4) is 0 Å². The van der Waals surface area contributed by atoms with Crippen LogP contribution in [-0.4, -0.2) is 5.78 Å². The minimum Gasteiger partial charge on any atom is -0.295 e. The van der Waals surface area contributed by atoms with Crippen molar-refractivity contribution >= 4 is 5.78 Å². The third-order valence-corrected chi connectivity index (χ3v) is 3.53. The molecule has 0 N–H and O–H groups in total. The predicted octanol–water partition coefficient (Wildman–Crippen LogP) is 3.59. The molecule has 0 aliphatic heterocycles. The highest BCUT2D eigenvalue weighted by atomic mass is 16.1. The summed E-state index contributed by atoms with van der Waals surface area (Å²) in [7, 11) is 0. The average Bonchev–Trinajstić information content (AvgIpc) is 2.01. The Labute approximate surface area is 87.6 Å². The maximum Gasteiger partial charge on any atom is 0.152 e. The van der Waals surface area contributed by atoms with Crippen molar-refractivity contribution < 1.29 is 4.79 Å². The second-order valence-corrected chi connectivity index (χ2v) is 5.35. The molecule has 1 nitrogen and oxygen atoms in total. The van der Waals surface area contributed by atoms with Gasteiger partial charge in [0.2, 0.25) is 0 Å². The summed E-state index contributed by atoms with van der Waals surface area (Å²) in [5.74, 6) is 1.45. The number of rotatable bonds is 2. The van der Waals surface area contributed by atoms with E-state index in [2.05, 4.69) is 26.8 Å². The van der Waals surface area contributed by atoms with Crippen LogP contribution in [0, 0.1) is 17.3 Å². The summed E-state index contributed by atoms with van der Waals surface area (Å²) in [4.78, 5) is 10.9. The van der Waals surface area contributed by atoms with Gasteiger partial charge in [0.05, 0.1) is 0 Å². The van der Waals surface area contributed by atoms with Crippen molar-refractivity contribution in [3.05, 3.63) is 12.2 Å². The molecule has 1 fully saturated rings. The lowest BCUT2D eigenvalue weighted by atomic mass is 9.64. The molecule has 1 rings (SSSR count). The maximum atomic E-state index is 10.9. The molecule has 0 aromatic heterocycles. The van der Waals surface area contributed by atoms with Crippen LogP contribution in [0.2, 0.25) is 0 Å². The molecule has 1 saturated carbocycles. The second kappa shape index (κ2) is 4.29. The van der Waals surface area contributed by atoms with E-state index in [1.807, 2.05) is 0 Å². The van der Waals surface area contributed by atoms with E-state index < -0.39 is 0 Å². The van der Waals surface area contributed by atoms with Crippen molar-refractivity contribution in [2.75, 3.05) is 0 Å². The fourth-order valence-electron chi connectivity index (χ4n) is 2.69. The van der Waals surface area contributed by atoms with Crippen LogP contribution >= 0.6 is 0 Å². The maximum absolute atomic E-state index is 10.9. The largest absolute Gasteiger partial charge is 0.295 e. The Kier molecular flexibility index (Phi) is 3.52. The van der Waals surface area contributed by atoms with Gasteiger partial charge in [-0.1, -0.05) is 39.7 Å². The van der Waals surface area contributed by atoms with Gasteiger partial charge in [-0.25, -0.2) is 0 Å². The molecule has 1 aliphatic carbocycles. The Bertz CT molecular complexity index is 238. The number of allylic oxidation sites excluding steroid dienone is 2. The van der Waals surface area contributed by atoms with E-state index in [1.165, 1.54) is 19.3 Å². The summed E-state index contributed by atoms with van der Waals surface area (Å²) in [6.07, 6.45) is 7.79. The normalized spacial score (nSPS) is 32.0. The number of hydrogen-bond acceptors (Lipinski definition) is 1. The molecule has 0 unspecified atom stereocenters. The van der Waals surface area contributed by atoms with Gasteiger partial charge in [0.15, 0.2) is 5.78 Å². The Morgan fingerprint density at radius 3 is 2.57 bits per heavy atom. The third kappa shape index (κ3) is 2.70. The van der Waals surface area contributed by atoms with Gasteiger partial charge < -0.3 is 0 Å². The van der Waals surface area contributed by atoms with Crippen molar-refractivity contribution in [3.63, 3.8) is 0 Å². The number of carbonyl (C=O) groups excluding carboxylic acids is 1. The fraction of sp³-hybridized carbons (Fsp3) is 0.769. The zero-order chi connectivity index (χ0) is 10.8. The first-order valence-electron chi connectivity index (χ1n) is 5.62. The number of hydrogen-bond donors (Lipinski definition) is 0. The first-order valence-corrected chi connectivity index (χ1v) is 5.62. The van der Waals surface area contributed by atoms with E-state index in [1.54, 1.807) is 13.0 Å². The summed E-state index contributed by atoms with van der Waals surface area (Å²) in [6.45, 7) is 8.56. The lowest BCUT2D eigenvalue weighted by Gasteiger charge is -2.41. The van der Waals surface area contributed by atoms with Crippen molar-refractivity contribution in [1.82, 2.24) is 0 Å². The van der Waals surface area contributed by atoms with Crippen LogP contribution in [0.25, 0.3) is 0 Å². The van der Waals surface area contributed by atoms with Crippen LogP contribution in [0.1, 0.15) is 47.0 Å². The van der Waals surface area contributed by atoms with E-state index in [0.717, 1.165) is 0 Å². The molecule has 0 aromatic carbocycles. The molecular weight excluding hydrogens is 172 g/mol. The summed E-state index contributed by atoms with van der Waals surface area (Å²) < 4.78 is 0. The molecule has 1 heteroatoms. The lowest BCUT2D eigenvalue weighted by Crippen LogP contribution is -2.32. The molecule has 2 atom stereocenters. The summed E-state index contributed by atoms with van der Waals surface area (Å²) >= 11 is 0. The second-order valence-electron chi connectivity index (χ2n) is 5.35. The van der Waals surface area contributed by atoms with Crippen molar-refractivity contribution in [2.45, 2.75) is 47.0 Å². The average molecular weight is 194 g/mol. The highest BCUT2D eigenvalue weighted by molar-refractivity contribution is 5.87. The quantitative estimate of drug-likeness (QED) is 0.614. The SMILES string of the molecule is CC(=O)C=C[C@H]1[C@H](C)CCCC1(C)C. The van der Waals surface area contributed by atoms with Gasteiger partial charge in [-0.05, 0) is 36.7 Å². The van der Waals surface area contributed by atoms with Gasteiger partial charge in [-0.2, -0.15) is 0 Å². The molecule has 1 aliphatic rings. The fourth-order valence-corrected chi connectivity index (χ4v) is 2.69. The number of carbonyl (C=O) groups is 1. The molecule has 0 spiro atoms. The van der Waals surface area contributed by atoms with Crippen LogP contribution in [0.4, 0.5) is 0 Å². The minimum atomic E-state index is 0.165. The lowest BCUT2D eigenvalue weighted by molar-refractivity contribution is -0.112. The molecule has 0 radical (unpaired) electrons. The van der Waals surface area contributed by atoms with Crippen LogP contribution in [0.5, 0.6) is 0 Å². The van der Waals surface area contributed by atoms with Crippen LogP contribution in [-0.2, 0) is 4.79 Å². The van der Waals surface area contributed by atoms with E-state index in [-0.39, 0.29) is 5.78 Å². The van der Waals surface area contributed by atoms with Crippen molar-refractivity contribution in [2.24, 2.45) is 17.3 Å². The first-order chi connectivity index (χ1) is 6.43. The van der Waals surface area contributed by atoms with Gasteiger partial charge in [-0.15, -0.1) is 0 Å². The van der Waals surface area contributed by atoms with Gasteiger partial charge in [-0.3, -0.25) is 4.79 Å². The molecule has 0 bridgehead atoms. The Balaban J connectivity index is 2.75. The van der Waals surface area contributed by atoms with Gasteiger partial charge in [0, 0.05) is 0 Å². The van der Waals surface area contributed by atoms with Gasteiger partial charge >= 0.3 is 0 Å². The van der Waals surface area contributed by atoms with E-state index in [9.17, 15) is 4.79 Å². The molecule has 0 amide bonds. The molecule has 0 aromatic rings. The Morgan fingerprint density at radius 2 is 2.07 bits per heavy atom. The molecular formula is C13H22O. The molecule has 0 heterocycles. The monoisotopic (exact) mass is 194 g/mol. The minimum absolute atomic E-state index is 0.165. The van der Waals surface area contributed by atoms with Crippen molar-refractivity contribution in [1.29, 1.82) is 0 Å². The number of ketones is 1. The van der Waals surface area contributed by atoms with Gasteiger partial charge in [0.25, 0.3) is 0 Å². The highest BCUT2D eigenvalue weighted by Crippen LogP contribution is 2.44. The summed E-state index contributed by atoms with van der Waals surface area (Å²) in [5, 5.41) is 0. The molecule has 0 saturated heterocycles. The van der Waals surface area contributed by atoms with E-state index >= 15 is 0 Å². The topological polar surface area (TPSA) is 17.1 Å². The Morgan fingerprint density at radius 1 is 1.43 bits per heavy atom. The van der Waals surface area contributed by atoms with E-state index in [0.29, 0.717) is 17.3 Å². The summed E-state index contributed by atoms with van der Waals surface area (Å²) in [5.41, 5.74) is 0.365. The first kappa shape index (κ1) is 11.5. The standard InChI is InChI=1S/C13H22O/c1-10-6-5-9-13(3,4)12(10)8-7-11(2)14/h7-8,10,12H,5-6,9H2,1-4H3/t10-,12+/m1/s1. The predicted molar refractivity (Wildman–Crippen MR) is 60.1 cm³/mol. The third-order valence-electron chi connectivity index (χ3n) is 3.53. The van der Waals surface area contributed by atoms with E-state index in [4.69, 9.17) is 0 Å².